The number of benzene rings is 2. The summed E-state index contributed by atoms with van der Waals surface area (Å²) in [7, 11) is 1.59. The van der Waals surface area contributed by atoms with Gasteiger partial charge in [-0.1, -0.05) is 18.2 Å². The average molecular weight is 370 g/mol. The van der Waals surface area contributed by atoms with Gasteiger partial charge in [-0.15, -0.1) is 0 Å². The first-order valence-electron chi connectivity index (χ1n) is 9.20. The van der Waals surface area contributed by atoms with E-state index in [2.05, 4.69) is 10.2 Å². The van der Waals surface area contributed by atoms with E-state index in [1.54, 1.807) is 31.4 Å². The summed E-state index contributed by atoms with van der Waals surface area (Å²) in [4.78, 5) is 14.6. The average Bonchev–Trinajstić information content (AvgIpc) is 2.80. The van der Waals surface area contributed by atoms with Crippen molar-refractivity contribution < 1.29 is 18.7 Å². The van der Waals surface area contributed by atoms with Crippen molar-refractivity contribution in [1.29, 1.82) is 0 Å². The van der Waals surface area contributed by atoms with Crippen molar-refractivity contribution in [3.05, 3.63) is 59.4 Å². The first-order valence-corrected chi connectivity index (χ1v) is 9.20. The molecule has 1 N–H and O–H groups in total. The van der Waals surface area contributed by atoms with Gasteiger partial charge in [-0.3, -0.25) is 9.69 Å². The number of carbonyl (C=O) groups excluding carboxylic acids is 1. The molecule has 1 atom stereocenters. The molecule has 1 fully saturated rings. The van der Waals surface area contributed by atoms with Crippen LogP contribution in [0.4, 0.5) is 4.39 Å². The Morgan fingerprint density at radius 3 is 2.96 bits per heavy atom. The highest BCUT2D eigenvalue weighted by Crippen LogP contribution is 2.34. The number of rotatable bonds is 3. The maximum absolute atomic E-state index is 14.0. The first-order chi connectivity index (χ1) is 13.1. The van der Waals surface area contributed by atoms with E-state index < -0.39 is 5.60 Å². The number of hydrogen-bond acceptors (Lipinski definition) is 4. The predicted octanol–water partition coefficient (Wildman–Crippen LogP) is 2.99. The van der Waals surface area contributed by atoms with Crippen LogP contribution in [0.15, 0.2) is 42.5 Å². The number of nitrogens with one attached hydrogen (secondary N) is 1. The second-order valence-corrected chi connectivity index (χ2v) is 7.24. The Morgan fingerprint density at radius 2 is 2.15 bits per heavy atom. The van der Waals surface area contributed by atoms with Gasteiger partial charge in [0.1, 0.15) is 22.9 Å². The molecule has 0 saturated carbocycles. The molecule has 2 aliphatic rings. The minimum Gasteiger partial charge on any atom is -0.497 e. The summed E-state index contributed by atoms with van der Waals surface area (Å²) in [6, 6.07) is 12.1. The van der Waals surface area contributed by atoms with Crippen LogP contribution in [0.1, 0.15) is 28.8 Å². The summed E-state index contributed by atoms with van der Waals surface area (Å²) in [6.45, 7) is 2.45. The fraction of sp³-hybridized carbons (Fsp3) is 0.381. The number of hydrogen-bond donors (Lipinski definition) is 1. The molecule has 1 saturated heterocycles. The monoisotopic (exact) mass is 370 g/mol. The van der Waals surface area contributed by atoms with Crippen molar-refractivity contribution >= 4 is 5.91 Å². The van der Waals surface area contributed by atoms with Gasteiger partial charge in [-0.2, -0.15) is 0 Å². The third kappa shape index (κ3) is 3.62. The van der Waals surface area contributed by atoms with Crippen molar-refractivity contribution in [2.24, 2.45) is 0 Å². The van der Waals surface area contributed by atoms with Crippen LogP contribution in [-0.2, 0) is 6.54 Å². The maximum Gasteiger partial charge on any atom is 0.255 e. The van der Waals surface area contributed by atoms with Crippen molar-refractivity contribution in [1.82, 2.24) is 10.2 Å². The highest BCUT2D eigenvalue weighted by molar-refractivity contribution is 5.97. The van der Waals surface area contributed by atoms with Crippen molar-refractivity contribution in [3.8, 4) is 11.5 Å². The quantitative estimate of drug-likeness (QED) is 0.903. The lowest BCUT2D eigenvalue weighted by molar-refractivity contribution is -0.00745. The van der Waals surface area contributed by atoms with E-state index in [1.165, 1.54) is 6.07 Å². The number of halogens is 1. The predicted molar refractivity (Wildman–Crippen MR) is 99.6 cm³/mol. The molecule has 2 aromatic carbocycles. The molecule has 2 heterocycles. The van der Waals surface area contributed by atoms with Gasteiger partial charge in [0.2, 0.25) is 0 Å². The molecule has 2 aromatic rings. The summed E-state index contributed by atoms with van der Waals surface area (Å²) >= 11 is 0. The first kappa shape index (κ1) is 17.8. The minimum absolute atomic E-state index is 0.143. The number of likely N-dealkylation sites (tertiary alicyclic amines) is 1. The van der Waals surface area contributed by atoms with E-state index in [0.717, 1.165) is 19.4 Å². The van der Waals surface area contributed by atoms with Crippen LogP contribution in [0.25, 0.3) is 0 Å². The second-order valence-electron chi connectivity index (χ2n) is 7.24. The summed E-state index contributed by atoms with van der Waals surface area (Å²) < 4.78 is 25.7. The molecule has 0 aromatic heterocycles. The van der Waals surface area contributed by atoms with Gasteiger partial charge in [0.15, 0.2) is 0 Å². The number of ether oxygens (including phenoxy) is 2. The number of nitrogens with zero attached hydrogens (tertiary/aromatic N) is 1. The highest BCUT2D eigenvalue weighted by atomic mass is 19.1. The highest BCUT2D eigenvalue weighted by Gasteiger charge is 2.41. The number of piperidine rings is 1. The molecule has 0 bridgehead atoms. The molecule has 0 radical (unpaired) electrons. The molecule has 0 aliphatic carbocycles. The van der Waals surface area contributed by atoms with Gasteiger partial charge < -0.3 is 14.8 Å². The van der Waals surface area contributed by atoms with Crippen LogP contribution >= 0.6 is 0 Å². The van der Waals surface area contributed by atoms with Crippen molar-refractivity contribution in [2.45, 2.75) is 25.0 Å². The van der Waals surface area contributed by atoms with E-state index in [4.69, 9.17) is 9.47 Å². The van der Waals surface area contributed by atoms with Crippen LogP contribution < -0.4 is 14.8 Å². The Morgan fingerprint density at radius 1 is 1.30 bits per heavy atom. The van der Waals surface area contributed by atoms with Crippen molar-refractivity contribution in [2.75, 3.05) is 26.7 Å². The van der Waals surface area contributed by atoms with Crippen molar-refractivity contribution in [3.63, 3.8) is 0 Å². The standard InChI is InChI=1S/C21H23FN2O3/c1-26-16-7-8-17-19(11-16)27-21(13-23-20(17)25)9-4-10-24(14-21)12-15-5-2-3-6-18(15)22/h2-3,5-8,11H,4,9-10,12-14H2,1H3,(H,23,25)/t21-/m0/s1. The van der Waals surface area contributed by atoms with Gasteiger partial charge in [0.05, 0.1) is 19.2 Å². The number of amides is 1. The summed E-state index contributed by atoms with van der Waals surface area (Å²) in [5.74, 6) is 0.854. The second kappa shape index (κ2) is 7.19. The maximum atomic E-state index is 14.0. The lowest BCUT2D eigenvalue weighted by atomic mass is 9.92. The SMILES string of the molecule is COc1ccc2c(c1)O[C@@]1(CCCN(Cc3ccccc3F)C1)CNC2=O. The topological polar surface area (TPSA) is 50.8 Å². The molecule has 4 rings (SSSR count). The summed E-state index contributed by atoms with van der Waals surface area (Å²) in [5.41, 5.74) is 0.657. The fourth-order valence-corrected chi connectivity index (χ4v) is 3.93. The molecular weight excluding hydrogens is 347 g/mol. The summed E-state index contributed by atoms with van der Waals surface area (Å²) in [6.07, 6.45) is 1.75. The molecule has 27 heavy (non-hydrogen) atoms. The van der Waals surface area contributed by atoms with Crippen LogP contribution in [0.3, 0.4) is 0 Å². The molecule has 1 amide bonds. The fourth-order valence-electron chi connectivity index (χ4n) is 3.93. The zero-order valence-corrected chi connectivity index (χ0v) is 15.3. The Kier molecular flexibility index (Phi) is 4.74. The Hall–Kier alpha value is -2.60. The van der Waals surface area contributed by atoms with E-state index in [9.17, 15) is 9.18 Å². The molecule has 5 nitrogen and oxygen atoms in total. The number of carbonyl (C=O) groups is 1. The smallest absolute Gasteiger partial charge is 0.255 e. The zero-order valence-electron chi connectivity index (χ0n) is 15.3. The third-order valence-corrected chi connectivity index (χ3v) is 5.30. The van der Waals surface area contributed by atoms with Crippen LogP contribution in [-0.4, -0.2) is 43.2 Å². The molecule has 1 spiro atoms. The number of fused-ring (bicyclic) bond motifs is 1. The Bertz CT molecular complexity index is 857. The van der Waals surface area contributed by atoms with E-state index in [0.29, 0.717) is 42.3 Å². The Labute approximate surface area is 158 Å². The minimum atomic E-state index is -0.531. The molecule has 6 heteroatoms. The van der Waals surface area contributed by atoms with E-state index >= 15 is 0 Å². The van der Waals surface area contributed by atoms with Gasteiger partial charge >= 0.3 is 0 Å². The zero-order chi connectivity index (χ0) is 18.9. The largest absolute Gasteiger partial charge is 0.497 e. The molecule has 0 unspecified atom stereocenters. The lowest BCUT2D eigenvalue weighted by Crippen LogP contribution is -2.56. The molecule has 142 valence electrons. The van der Waals surface area contributed by atoms with Gasteiger partial charge in [0, 0.05) is 24.7 Å². The van der Waals surface area contributed by atoms with Gasteiger partial charge in [-0.05, 0) is 37.6 Å². The van der Waals surface area contributed by atoms with Crippen LogP contribution in [0.2, 0.25) is 0 Å². The Balaban J connectivity index is 1.58. The molecular formula is C21H23FN2O3. The third-order valence-electron chi connectivity index (χ3n) is 5.30. The van der Waals surface area contributed by atoms with Crippen LogP contribution in [0.5, 0.6) is 11.5 Å². The number of methoxy groups -OCH3 is 1. The van der Waals surface area contributed by atoms with Gasteiger partial charge in [0.25, 0.3) is 5.91 Å². The molecule has 2 aliphatic heterocycles. The van der Waals surface area contributed by atoms with E-state index in [1.807, 2.05) is 12.1 Å². The van der Waals surface area contributed by atoms with E-state index in [-0.39, 0.29) is 11.7 Å². The normalized spacial score (nSPS) is 22.5. The van der Waals surface area contributed by atoms with Gasteiger partial charge in [-0.25, -0.2) is 4.39 Å². The van der Waals surface area contributed by atoms with Crippen LogP contribution in [0, 0.1) is 5.82 Å². The lowest BCUT2D eigenvalue weighted by Gasteiger charge is -2.42. The summed E-state index contributed by atoms with van der Waals surface area (Å²) in [5, 5.41) is 2.99.